The van der Waals surface area contributed by atoms with Gasteiger partial charge >= 0.3 is 0 Å². The van der Waals surface area contributed by atoms with Crippen LogP contribution in [0.3, 0.4) is 0 Å². The molecule has 2 aromatic heterocycles. The molecule has 0 fully saturated rings. The number of amidine groups is 1. The van der Waals surface area contributed by atoms with Crippen LogP contribution in [-0.4, -0.2) is 15.4 Å². The molecular weight excluding hydrogens is 422 g/mol. The summed E-state index contributed by atoms with van der Waals surface area (Å²) in [6.07, 6.45) is 4.41. The fourth-order valence-corrected chi connectivity index (χ4v) is 4.56. The van der Waals surface area contributed by atoms with Crippen LogP contribution in [0.4, 0.5) is 8.78 Å². The van der Waals surface area contributed by atoms with E-state index in [1.165, 1.54) is 16.7 Å². The molecule has 2 aromatic carbocycles. The Balaban J connectivity index is 1.85. The third-order valence-corrected chi connectivity index (χ3v) is 6.05. The van der Waals surface area contributed by atoms with Crippen molar-refractivity contribution in [3.8, 4) is 11.1 Å². The van der Waals surface area contributed by atoms with Crippen molar-refractivity contribution in [2.45, 2.75) is 12.5 Å². The highest BCUT2D eigenvalue weighted by Crippen LogP contribution is 2.47. The number of aliphatic imine (C=N–C) groups is 1. The summed E-state index contributed by atoms with van der Waals surface area (Å²) in [5.41, 5.74) is 8.96. The number of hydrogen-bond donors (Lipinski definition) is 1. The second-order valence-corrected chi connectivity index (χ2v) is 8.17. The number of benzene rings is 2. The van der Waals surface area contributed by atoms with Gasteiger partial charge in [-0.25, -0.2) is 13.8 Å². The molecular formula is C26H20F2N4O. The van der Waals surface area contributed by atoms with Crippen LogP contribution in [0.1, 0.15) is 27.8 Å². The molecule has 33 heavy (non-hydrogen) atoms. The van der Waals surface area contributed by atoms with Gasteiger partial charge in [-0.2, -0.15) is 0 Å². The molecule has 1 aliphatic rings. The zero-order valence-corrected chi connectivity index (χ0v) is 18.0. The van der Waals surface area contributed by atoms with Gasteiger partial charge in [0.1, 0.15) is 23.0 Å². The van der Waals surface area contributed by atoms with E-state index in [-0.39, 0.29) is 17.0 Å². The van der Waals surface area contributed by atoms with Crippen molar-refractivity contribution in [2.75, 3.05) is 0 Å². The van der Waals surface area contributed by atoms with Crippen molar-refractivity contribution in [1.82, 2.24) is 9.55 Å². The van der Waals surface area contributed by atoms with E-state index in [1.807, 2.05) is 24.3 Å². The van der Waals surface area contributed by atoms with Gasteiger partial charge in [-0.3, -0.25) is 9.78 Å². The normalized spacial score (nSPS) is 17.0. The van der Waals surface area contributed by atoms with Crippen LogP contribution >= 0.6 is 0 Å². The van der Waals surface area contributed by atoms with Crippen molar-refractivity contribution in [3.05, 3.63) is 123 Å². The summed E-state index contributed by atoms with van der Waals surface area (Å²) in [6, 6.07) is 15.3. The Morgan fingerprint density at radius 3 is 2.52 bits per heavy atom. The first-order chi connectivity index (χ1) is 15.8. The van der Waals surface area contributed by atoms with Crippen LogP contribution in [-0.2, 0) is 12.6 Å². The Kier molecular flexibility index (Phi) is 4.70. The van der Waals surface area contributed by atoms with E-state index < -0.39 is 17.2 Å². The molecule has 0 aliphatic carbocycles. The maximum atomic E-state index is 14.9. The third-order valence-electron chi connectivity index (χ3n) is 6.05. The number of rotatable bonds is 3. The minimum absolute atomic E-state index is 0.0763. The van der Waals surface area contributed by atoms with Gasteiger partial charge in [0, 0.05) is 41.7 Å². The fourth-order valence-electron chi connectivity index (χ4n) is 4.56. The molecule has 3 heterocycles. The average Bonchev–Trinajstić information content (AvgIpc) is 3.12. The zero-order valence-electron chi connectivity index (χ0n) is 18.0. The van der Waals surface area contributed by atoms with E-state index in [1.54, 1.807) is 44.6 Å². The molecule has 5 rings (SSSR count). The van der Waals surface area contributed by atoms with E-state index in [0.29, 0.717) is 27.8 Å². The smallest absolute Gasteiger partial charge is 0.253 e. The van der Waals surface area contributed by atoms with Crippen LogP contribution < -0.4 is 11.3 Å². The predicted molar refractivity (Wildman–Crippen MR) is 123 cm³/mol. The van der Waals surface area contributed by atoms with E-state index in [9.17, 15) is 13.6 Å². The van der Waals surface area contributed by atoms with Gasteiger partial charge in [0.05, 0.1) is 11.8 Å². The predicted octanol–water partition coefficient (Wildman–Crippen LogP) is 4.04. The van der Waals surface area contributed by atoms with Crippen molar-refractivity contribution in [2.24, 2.45) is 17.8 Å². The summed E-state index contributed by atoms with van der Waals surface area (Å²) in [5, 5.41) is 0. The average molecular weight is 442 g/mol. The number of nitrogens with two attached hydrogens (primary N) is 1. The Morgan fingerprint density at radius 2 is 1.76 bits per heavy atom. The van der Waals surface area contributed by atoms with E-state index in [4.69, 9.17) is 10.7 Å². The van der Waals surface area contributed by atoms with Gasteiger partial charge in [-0.05, 0) is 42.3 Å². The molecule has 2 N–H and O–H groups in total. The first-order valence-corrected chi connectivity index (χ1v) is 10.3. The molecule has 0 saturated heterocycles. The quantitative estimate of drug-likeness (QED) is 0.520. The number of halogens is 2. The van der Waals surface area contributed by atoms with Crippen LogP contribution in [0.15, 0.2) is 83.0 Å². The molecule has 164 valence electrons. The number of nitrogens with zero attached hydrogens (tertiary/aromatic N) is 3. The number of aryl methyl sites for hydroxylation is 2. The Hall–Kier alpha value is -4.13. The molecule has 4 aromatic rings. The highest BCUT2D eigenvalue weighted by molar-refractivity contribution is 6.03. The lowest BCUT2D eigenvalue weighted by Gasteiger charge is -2.30. The minimum Gasteiger partial charge on any atom is -0.383 e. The third kappa shape index (κ3) is 3.16. The van der Waals surface area contributed by atoms with Crippen molar-refractivity contribution < 1.29 is 8.78 Å². The highest BCUT2D eigenvalue weighted by atomic mass is 19.1. The lowest BCUT2D eigenvalue weighted by molar-refractivity contribution is 0.613. The zero-order chi connectivity index (χ0) is 23.3. The van der Waals surface area contributed by atoms with Crippen molar-refractivity contribution in [1.29, 1.82) is 0 Å². The molecule has 0 bridgehead atoms. The number of pyridine rings is 2. The first-order valence-electron chi connectivity index (χ1n) is 10.3. The minimum atomic E-state index is -1.19. The van der Waals surface area contributed by atoms with E-state index in [0.717, 1.165) is 11.8 Å². The lowest BCUT2D eigenvalue weighted by atomic mass is 9.77. The van der Waals surface area contributed by atoms with Crippen molar-refractivity contribution >= 4 is 5.84 Å². The molecule has 1 atom stereocenters. The SMILES string of the molecule is Cc1cc(C2(c3cccc(-c4cncc(F)c4)c3)N=C(N)c3c(F)cccc32)cn(C)c1=O. The summed E-state index contributed by atoms with van der Waals surface area (Å²) in [4.78, 5) is 21.2. The van der Waals surface area contributed by atoms with Gasteiger partial charge in [0.25, 0.3) is 5.56 Å². The maximum Gasteiger partial charge on any atom is 0.253 e. The van der Waals surface area contributed by atoms with Crippen LogP contribution in [0, 0.1) is 18.6 Å². The summed E-state index contributed by atoms with van der Waals surface area (Å²) >= 11 is 0. The summed E-state index contributed by atoms with van der Waals surface area (Å²) in [6.45, 7) is 1.73. The van der Waals surface area contributed by atoms with Crippen molar-refractivity contribution in [3.63, 3.8) is 0 Å². The van der Waals surface area contributed by atoms with Gasteiger partial charge in [-0.15, -0.1) is 0 Å². The lowest BCUT2D eigenvalue weighted by Crippen LogP contribution is -2.29. The molecule has 0 amide bonds. The molecule has 1 unspecified atom stereocenters. The molecule has 1 aliphatic heterocycles. The Bertz CT molecular complexity index is 1480. The van der Waals surface area contributed by atoms with Crippen LogP contribution in [0.2, 0.25) is 0 Å². The number of hydrogen-bond acceptors (Lipinski definition) is 4. The topological polar surface area (TPSA) is 73.3 Å². The first kappa shape index (κ1) is 20.8. The number of fused-ring (bicyclic) bond motifs is 1. The second kappa shape index (κ2) is 7.48. The monoisotopic (exact) mass is 442 g/mol. The summed E-state index contributed by atoms with van der Waals surface area (Å²) in [7, 11) is 1.66. The van der Waals surface area contributed by atoms with E-state index in [2.05, 4.69) is 4.98 Å². The standard InChI is InChI=1S/C26H20F2N4O/c1-15-9-19(14-32(2)25(15)33)26(21-7-4-8-22(28)23(21)24(29)31-26)18-6-3-5-16(10-18)17-11-20(27)13-30-12-17/h3-14H,1-2H3,(H2,29,31). The Labute approximate surface area is 188 Å². The molecule has 0 radical (unpaired) electrons. The Morgan fingerprint density at radius 1 is 0.970 bits per heavy atom. The van der Waals surface area contributed by atoms with Crippen LogP contribution in [0.5, 0.6) is 0 Å². The summed E-state index contributed by atoms with van der Waals surface area (Å²) in [5.74, 6) is -0.841. The largest absolute Gasteiger partial charge is 0.383 e. The fraction of sp³-hybridized carbons (Fsp3) is 0.115. The summed E-state index contributed by atoms with van der Waals surface area (Å²) < 4.78 is 30.2. The van der Waals surface area contributed by atoms with Gasteiger partial charge in [-0.1, -0.05) is 30.3 Å². The molecule has 0 spiro atoms. The number of aromatic nitrogens is 2. The van der Waals surface area contributed by atoms with Crippen LogP contribution in [0.25, 0.3) is 11.1 Å². The maximum absolute atomic E-state index is 14.9. The highest BCUT2D eigenvalue weighted by Gasteiger charge is 2.44. The molecule has 5 nitrogen and oxygen atoms in total. The second-order valence-electron chi connectivity index (χ2n) is 8.17. The molecule has 0 saturated carbocycles. The van der Waals surface area contributed by atoms with Gasteiger partial charge in [0.2, 0.25) is 0 Å². The van der Waals surface area contributed by atoms with Gasteiger partial charge < -0.3 is 10.3 Å². The van der Waals surface area contributed by atoms with Gasteiger partial charge in [0.15, 0.2) is 0 Å². The molecule has 7 heteroatoms. The van der Waals surface area contributed by atoms with E-state index >= 15 is 0 Å².